The summed E-state index contributed by atoms with van der Waals surface area (Å²) in [7, 11) is 0. The highest BCUT2D eigenvalue weighted by molar-refractivity contribution is 6.43. The van der Waals surface area contributed by atoms with Crippen LogP contribution in [0.1, 0.15) is 51.3 Å². The highest BCUT2D eigenvalue weighted by Crippen LogP contribution is 2.55. The molecule has 0 unspecified atom stereocenters. The normalized spacial score (nSPS) is 18.0. The maximum absolute atomic E-state index is 6.84. The standard InChI is InChI=1S/C23H22Cl2/c1-12-13(2)15(4)23(5,14(12)3)21-19-10-16-8-6-7-9-17(16)18(19)11-20(24)22(21)25/h6-9,11H,10H2,1-5H3. The molecule has 0 radical (unpaired) electrons. The van der Waals surface area contributed by atoms with Crippen molar-refractivity contribution in [3.8, 4) is 11.1 Å². The second kappa shape index (κ2) is 5.50. The summed E-state index contributed by atoms with van der Waals surface area (Å²) in [6.07, 6.45) is 0.923. The second-order valence-electron chi connectivity index (χ2n) is 7.53. The van der Waals surface area contributed by atoms with Crippen molar-refractivity contribution >= 4 is 23.2 Å². The third-order valence-corrected chi connectivity index (χ3v) is 7.48. The van der Waals surface area contributed by atoms with Crippen molar-refractivity contribution in [2.45, 2.75) is 46.5 Å². The van der Waals surface area contributed by atoms with Crippen molar-refractivity contribution in [3.05, 3.63) is 79.4 Å². The second-order valence-corrected chi connectivity index (χ2v) is 8.32. The van der Waals surface area contributed by atoms with Crippen molar-refractivity contribution in [2.24, 2.45) is 0 Å². The van der Waals surface area contributed by atoms with Gasteiger partial charge in [-0.1, -0.05) is 58.6 Å². The smallest absolute Gasteiger partial charge is 0.0639 e. The van der Waals surface area contributed by atoms with E-state index in [1.165, 1.54) is 50.1 Å². The molecule has 0 atom stereocenters. The van der Waals surface area contributed by atoms with Crippen LogP contribution >= 0.6 is 23.2 Å². The number of fused-ring (bicyclic) bond motifs is 3. The summed E-state index contributed by atoms with van der Waals surface area (Å²) < 4.78 is 0. The first-order valence-corrected chi connectivity index (χ1v) is 9.50. The molecule has 0 heterocycles. The Labute approximate surface area is 160 Å². The van der Waals surface area contributed by atoms with Gasteiger partial charge in [-0.25, -0.2) is 0 Å². The van der Waals surface area contributed by atoms with Crippen LogP contribution in [0.4, 0.5) is 0 Å². The Morgan fingerprint density at radius 3 is 2.12 bits per heavy atom. The van der Waals surface area contributed by atoms with Crippen molar-refractivity contribution in [3.63, 3.8) is 0 Å². The quantitative estimate of drug-likeness (QED) is 0.416. The van der Waals surface area contributed by atoms with Crippen LogP contribution in [0.25, 0.3) is 11.1 Å². The number of hydrogen-bond acceptors (Lipinski definition) is 0. The molecule has 2 aliphatic carbocycles. The molecule has 0 fully saturated rings. The summed E-state index contributed by atoms with van der Waals surface area (Å²) in [4.78, 5) is 0. The number of benzene rings is 2. The van der Waals surface area contributed by atoms with Crippen LogP contribution in [0.3, 0.4) is 0 Å². The Bertz CT molecular complexity index is 965. The van der Waals surface area contributed by atoms with Crippen molar-refractivity contribution in [1.29, 1.82) is 0 Å². The van der Waals surface area contributed by atoms with Gasteiger partial charge in [0.25, 0.3) is 0 Å². The third kappa shape index (κ3) is 2.08. The van der Waals surface area contributed by atoms with Gasteiger partial charge in [-0.3, -0.25) is 0 Å². The van der Waals surface area contributed by atoms with E-state index in [2.05, 4.69) is 58.9 Å². The molecule has 0 saturated carbocycles. The summed E-state index contributed by atoms with van der Waals surface area (Å²) >= 11 is 13.4. The maximum Gasteiger partial charge on any atom is 0.0639 e. The third-order valence-electron chi connectivity index (χ3n) is 6.69. The van der Waals surface area contributed by atoms with E-state index >= 15 is 0 Å². The monoisotopic (exact) mass is 368 g/mol. The molecule has 0 nitrogen and oxygen atoms in total. The first-order chi connectivity index (χ1) is 11.8. The zero-order valence-corrected chi connectivity index (χ0v) is 16.9. The lowest BCUT2D eigenvalue weighted by molar-refractivity contribution is 0.660. The molecule has 0 spiro atoms. The topological polar surface area (TPSA) is 0 Å². The first kappa shape index (κ1) is 16.9. The molecule has 0 aliphatic heterocycles. The Hall–Kier alpha value is -1.50. The van der Waals surface area contributed by atoms with Crippen molar-refractivity contribution in [2.75, 3.05) is 0 Å². The predicted octanol–water partition coefficient (Wildman–Crippen LogP) is 7.51. The lowest BCUT2D eigenvalue weighted by atomic mass is 9.71. The molecule has 0 amide bonds. The number of allylic oxidation sites excluding steroid dienone is 4. The predicted molar refractivity (Wildman–Crippen MR) is 109 cm³/mol. The summed E-state index contributed by atoms with van der Waals surface area (Å²) in [6.45, 7) is 11.2. The van der Waals surface area contributed by atoms with E-state index in [1.807, 2.05) is 6.07 Å². The molecule has 0 N–H and O–H groups in total. The SMILES string of the molecule is CC1=C(C)C(C)(c2c(Cl)c(Cl)cc3c2Cc2ccccc2-3)C(C)=C1C. The van der Waals surface area contributed by atoms with Gasteiger partial charge in [-0.15, -0.1) is 0 Å². The van der Waals surface area contributed by atoms with E-state index in [1.54, 1.807) is 0 Å². The average molecular weight is 369 g/mol. The molecule has 2 heteroatoms. The summed E-state index contributed by atoms with van der Waals surface area (Å²) in [5.74, 6) is 0. The fourth-order valence-corrected chi connectivity index (χ4v) is 5.27. The highest BCUT2D eigenvalue weighted by atomic mass is 35.5. The first-order valence-electron chi connectivity index (χ1n) is 8.74. The van der Waals surface area contributed by atoms with Gasteiger partial charge in [0.1, 0.15) is 0 Å². The molecule has 2 aromatic carbocycles. The summed E-state index contributed by atoms with van der Waals surface area (Å²) in [6, 6.07) is 10.6. The fourth-order valence-electron chi connectivity index (χ4n) is 4.71. The Kier molecular flexibility index (Phi) is 3.72. The number of halogens is 2. The van der Waals surface area contributed by atoms with Gasteiger partial charge < -0.3 is 0 Å². The van der Waals surface area contributed by atoms with Crippen LogP contribution in [0.5, 0.6) is 0 Å². The van der Waals surface area contributed by atoms with Gasteiger partial charge in [0, 0.05) is 5.41 Å². The highest BCUT2D eigenvalue weighted by Gasteiger charge is 2.42. The molecular weight excluding hydrogens is 347 g/mol. The lowest BCUT2D eigenvalue weighted by Gasteiger charge is -2.33. The van der Waals surface area contributed by atoms with E-state index in [0.717, 1.165) is 6.42 Å². The maximum atomic E-state index is 6.84. The van der Waals surface area contributed by atoms with E-state index in [4.69, 9.17) is 23.2 Å². The van der Waals surface area contributed by atoms with Crippen LogP contribution in [-0.2, 0) is 11.8 Å². The van der Waals surface area contributed by atoms with Crippen LogP contribution in [-0.4, -0.2) is 0 Å². The van der Waals surface area contributed by atoms with Gasteiger partial charge >= 0.3 is 0 Å². The Morgan fingerprint density at radius 1 is 0.880 bits per heavy atom. The number of hydrogen-bond donors (Lipinski definition) is 0. The molecule has 0 saturated heterocycles. The van der Waals surface area contributed by atoms with Crippen LogP contribution in [0, 0.1) is 0 Å². The van der Waals surface area contributed by atoms with Crippen LogP contribution in [0.2, 0.25) is 10.0 Å². The zero-order valence-electron chi connectivity index (χ0n) is 15.3. The van der Waals surface area contributed by atoms with Gasteiger partial charge in [0.05, 0.1) is 10.0 Å². The fraction of sp³-hybridized carbons (Fsp3) is 0.304. The zero-order chi connectivity index (χ0) is 18.1. The van der Waals surface area contributed by atoms with Gasteiger partial charge in [0.2, 0.25) is 0 Å². The molecule has 0 bridgehead atoms. The van der Waals surface area contributed by atoms with Crippen molar-refractivity contribution in [1.82, 2.24) is 0 Å². The van der Waals surface area contributed by atoms with Crippen molar-refractivity contribution < 1.29 is 0 Å². The van der Waals surface area contributed by atoms with Gasteiger partial charge in [-0.2, -0.15) is 0 Å². The Balaban J connectivity index is 2.08. The summed E-state index contributed by atoms with van der Waals surface area (Å²) in [5.41, 5.74) is 11.7. The molecular formula is C23H22Cl2. The molecule has 2 aliphatic rings. The minimum absolute atomic E-state index is 0.192. The number of rotatable bonds is 1. The molecule has 25 heavy (non-hydrogen) atoms. The van der Waals surface area contributed by atoms with E-state index in [9.17, 15) is 0 Å². The lowest BCUT2D eigenvalue weighted by Crippen LogP contribution is -2.25. The van der Waals surface area contributed by atoms with E-state index in [-0.39, 0.29) is 5.41 Å². The van der Waals surface area contributed by atoms with E-state index < -0.39 is 0 Å². The van der Waals surface area contributed by atoms with Crippen LogP contribution in [0.15, 0.2) is 52.6 Å². The van der Waals surface area contributed by atoms with Gasteiger partial charge in [0.15, 0.2) is 0 Å². The molecule has 128 valence electrons. The minimum Gasteiger partial charge on any atom is -0.0827 e. The molecule has 4 rings (SSSR count). The molecule has 0 aromatic heterocycles. The summed E-state index contributed by atoms with van der Waals surface area (Å²) in [5, 5.41) is 1.35. The van der Waals surface area contributed by atoms with Crippen LogP contribution < -0.4 is 0 Å². The molecule has 2 aromatic rings. The Morgan fingerprint density at radius 2 is 1.48 bits per heavy atom. The van der Waals surface area contributed by atoms with Gasteiger partial charge in [-0.05, 0) is 86.1 Å². The largest absolute Gasteiger partial charge is 0.0827 e. The van der Waals surface area contributed by atoms with E-state index in [0.29, 0.717) is 10.0 Å². The average Bonchev–Trinajstić information content (AvgIpc) is 3.02. The minimum atomic E-state index is -0.192.